The topological polar surface area (TPSA) is 60.9 Å². The summed E-state index contributed by atoms with van der Waals surface area (Å²) in [5, 5.41) is 0.634. The molecule has 0 aliphatic carbocycles. The van der Waals surface area contributed by atoms with Crippen LogP contribution in [-0.4, -0.2) is 31.7 Å². The Balaban J connectivity index is 1.65. The monoisotopic (exact) mass is 474 g/mol. The lowest BCUT2D eigenvalue weighted by Crippen LogP contribution is -2.28. The molecule has 34 heavy (non-hydrogen) atoms. The Morgan fingerprint density at radius 1 is 1.00 bits per heavy atom. The quantitative estimate of drug-likeness (QED) is 0.280. The van der Waals surface area contributed by atoms with Crippen LogP contribution in [0.2, 0.25) is 0 Å². The Hall–Kier alpha value is -3.84. The molecule has 0 spiro atoms. The zero-order valence-corrected chi connectivity index (χ0v) is 20.2. The first-order valence-corrected chi connectivity index (χ1v) is 11.7. The lowest BCUT2D eigenvalue weighted by atomic mass is 10.1. The minimum atomic E-state index is -0.164. The fourth-order valence-electron chi connectivity index (χ4n) is 3.48. The molecule has 0 N–H and O–H groups in total. The molecule has 4 rings (SSSR count). The number of thiazole rings is 1. The van der Waals surface area contributed by atoms with E-state index < -0.39 is 0 Å². The van der Waals surface area contributed by atoms with Gasteiger partial charge in [0.1, 0.15) is 5.75 Å². The number of hydrogen-bond donors (Lipinski definition) is 0. The molecule has 0 saturated carbocycles. The van der Waals surface area contributed by atoms with E-state index in [4.69, 9.17) is 19.2 Å². The van der Waals surface area contributed by atoms with Gasteiger partial charge in [0.15, 0.2) is 16.6 Å². The maximum absolute atomic E-state index is 13.4. The average Bonchev–Trinajstić information content (AvgIpc) is 3.29. The first-order chi connectivity index (χ1) is 16.6. The maximum Gasteiger partial charge on any atom is 0.253 e. The minimum absolute atomic E-state index is 0.164. The highest BCUT2D eigenvalue weighted by Gasteiger charge is 2.19. The lowest BCUT2D eigenvalue weighted by Gasteiger charge is -2.18. The summed E-state index contributed by atoms with van der Waals surface area (Å²) >= 11 is 1.47. The zero-order valence-electron chi connectivity index (χ0n) is 19.4. The summed E-state index contributed by atoms with van der Waals surface area (Å²) in [5.41, 5.74) is 2.68. The number of carbonyl (C=O) groups is 1. The van der Waals surface area contributed by atoms with Crippen LogP contribution in [0.5, 0.6) is 17.2 Å². The standard InChI is InChI=1S/C27H26N2O4S/c1-4-33-21-12-13-22-25(17-21)34-27(28-22)29(18-20-8-6-5-7-9-20)26(30)15-11-19-10-14-23(31-2)24(16-19)32-3/h5-17H,4,18H2,1-3H3/b15-11+. The number of aromatic nitrogens is 1. The van der Waals surface area contributed by atoms with Crippen molar-refractivity contribution in [2.45, 2.75) is 13.5 Å². The smallest absolute Gasteiger partial charge is 0.253 e. The molecule has 0 radical (unpaired) electrons. The predicted octanol–water partition coefficient (Wildman–Crippen LogP) is 5.96. The summed E-state index contributed by atoms with van der Waals surface area (Å²) in [4.78, 5) is 19.8. The number of rotatable bonds is 9. The van der Waals surface area contributed by atoms with Crippen LogP contribution in [0.4, 0.5) is 5.13 Å². The van der Waals surface area contributed by atoms with Gasteiger partial charge in [-0.2, -0.15) is 0 Å². The number of benzene rings is 3. The van der Waals surface area contributed by atoms with Gasteiger partial charge in [-0.3, -0.25) is 9.69 Å². The third-order valence-electron chi connectivity index (χ3n) is 5.17. The van der Waals surface area contributed by atoms with Crippen LogP contribution in [0, 0.1) is 0 Å². The number of hydrogen-bond acceptors (Lipinski definition) is 6. The Labute approximate surface area is 203 Å². The molecule has 1 amide bonds. The molecule has 1 heterocycles. The van der Waals surface area contributed by atoms with Gasteiger partial charge in [0.2, 0.25) is 0 Å². The van der Waals surface area contributed by atoms with Crippen molar-refractivity contribution in [3.63, 3.8) is 0 Å². The highest BCUT2D eigenvalue weighted by atomic mass is 32.1. The molecule has 0 atom stereocenters. The largest absolute Gasteiger partial charge is 0.494 e. The summed E-state index contributed by atoms with van der Waals surface area (Å²) in [6.45, 7) is 2.96. The number of methoxy groups -OCH3 is 2. The predicted molar refractivity (Wildman–Crippen MR) is 137 cm³/mol. The Morgan fingerprint density at radius 3 is 2.53 bits per heavy atom. The van der Waals surface area contributed by atoms with Gasteiger partial charge < -0.3 is 14.2 Å². The molecule has 6 nitrogen and oxygen atoms in total. The number of ether oxygens (including phenoxy) is 3. The van der Waals surface area contributed by atoms with Crippen LogP contribution < -0.4 is 19.1 Å². The van der Waals surface area contributed by atoms with Gasteiger partial charge in [-0.05, 0) is 54.5 Å². The van der Waals surface area contributed by atoms with Crippen molar-refractivity contribution in [1.29, 1.82) is 0 Å². The van der Waals surface area contributed by atoms with Gasteiger partial charge in [-0.25, -0.2) is 4.98 Å². The number of nitrogens with zero attached hydrogens (tertiary/aromatic N) is 2. The van der Waals surface area contributed by atoms with Crippen molar-refractivity contribution in [3.05, 3.63) is 83.9 Å². The maximum atomic E-state index is 13.4. The van der Waals surface area contributed by atoms with Crippen molar-refractivity contribution < 1.29 is 19.0 Å². The second-order valence-electron chi connectivity index (χ2n) is 7.42. The van der Waals surface area contributed by atoms with Gasteiger partial charge in [0, 0.05) is 6.08 Å². The second kappa shape index (κ2) is 10.9. The van der Waals surface area contributed by atoms with Gasteiger partial charge >= 0.3 is 0 Å². The molecule has 3 aromatic carbocycles. The molecular formula is C27H26N2O4S. The molecule has 4 aromatic rings. The van der Waals surface area contributed by atoms with Crippen LogP contribution in [0.15, 0.2) is 72.8 Å². The van der Waals surface area contributed by atoms with E-state index in [-0.39, 0.29) is 5.91 Å². The van der Waals surface area contributed by atoms with Crippen LogP contribution in [-0.2, 0) is 11.3 Å². The van der Waals surface area contributed by atoms with E-state index in [0.717, 1.165) is 27.1 Å². The van der Waals surface area contributed by atoms with Crippen LogP contribution in [0.3, 0.4) is 0 Å². The van der Waals surface area contributed by atoms with Crippen LogP contribution in [0.25, 0.3) is 16.3 Å². The Bertz CT molecular complexity index is 1300. The van der Waals surface area contributed by atoms with E-state index in [0.29, 0.717) is 29.8 Å². The first-order valence-electron chi connectivity index (χ1n) is 10.9. The van der Waals surface area contributed by atoms with Gasteiger partial charge in [0.05, 0.1) is 37.6 Å². The summed E-state index contributed by atoms with van der Waals surface area (Å²) in [5.74, 6) is 1.87. The lowest BCUT2D eigenvalue weighted by molar-refractivity contribution is -0.114. The molecule has 1 aromatic heterocycles. The number of fused-ring (bicyclic) bond motifs is 1. The average molecular weight is 475 g/mol. The van der Waals surface area contributed by atoms with E-state index in [2.05, 4.69) is 0 Å². The van der Waals surface area contributed by atoms with Crippen LogP contribution >= 0.6 is 11.3 Å². The third-order valence-corrected chi connectivity index (χ3v) is 6.21. The fraction of sp³-hybridized carbons (Fsp3) is 0.185. The molecule has 174 valence electrons. The van der Waals surface area contributed by atoms with Gasteiger partial charge in [-0.15, -0.1) is 0 Å². The normalized spacial score (nSPS) is 11.0. The van der Waals surface area contributed by atoms with Crippen LogP contribution in [0.1, 0.15) is 18.1 Å². The van der Waals surface area contributed by atoms with E-state index in [1.54, 1.807) is 31.3 Å². The van der Waals surface area contributed by atoms with Crippen molar-refractivity contribution in [2.75, 3.05) is 25.7 Å². The van der Waals surface area contributed by atoms with Gasteiger partial charge in [0.25, 0.3) is 5.91 Å². The Kier molecular flexibility index (Phi) is 7.44. The summed E-state index contributed by atoms with van der Waals surface area (Å²) in [6, 6.07) is 21.2. The van der Waals surface area contributed by atoms with Crippen molar-refractivity contribution in [1.82, 2.24) is 4.98 Å². The molecule has 0 saturated heterocycles. The minimum Gasteiger partial charge on any atom is -0.494 e. The molecule has 0 aliphatic rings. The fourth-order valence-corrected chi connectivity index (χ4v) is 4.48. The summed E-state index contributed by atoms with van der Waals surface area (Å²) < 4.78 is 17.2. The molecule has 0 unspecified atom stereocenters. The van der Waals surface area contributed by atoms with Gasteiger partial charge in [-0.1, -0.05) is 47.7 Å². The summed E-state index contributed by atoms with van der Waals surface area (Å²) in [6.07, 6.45) is 3.32. The number of anilines is 1. The second-order valence-corrected chi connectivity index (χ2v) is 8.43. The van der Waals surface area contributed by atoms with Crippen molar-refractivity contribution in [3.8, 4) is 17.2 Å². The summed E-state index contributed by atoms with van der Waals surface area (Å²) in [7, 11) is 3.18. The molecule has 0 aliphatic heterocycles. The molecule has 0 bridgehead atoms. The van der Waals surface area contributed by atoms with Crippen molar-refractivity contribution in [2.24, 2.45) is 0 Å². The highest BCUT2D eigenvalue weighted by Crippen LogP contribution is 2.33. The van der Waals surface area contributed by atoms with E-state index >= 15 is 0 Å². The van der Waals surface area contributed by atoms with E-state index in [1.165, 1.54) is 11.3 Å². The number of carbonyl (C=O) groups excluding carboxylic acids is 1. The molecular weight excluding hydrogens is 448 g/mol. The highest BCUT2D eigenvalue weighted by molar-refractivity contribution is 7.22. The first kappa shape index (κ1) is 23.3. The SMILES string of the molecule is CCOc1ccc2nc(N(Cc3ccccc3)C(=O)/C=C/c3ccc(OC)c(OC)c3)sc2c1. The zero-order chi connectivity index (χ0) is 23.9. The van der Waals surface area contributed by atoms with E-state index in [1.807, 2.05) is 73.7 Å². The molecule has 0 fully saturated rings. The Morgan fingerprint density at radius 2 is 1.79 bits per heavy atom. The number of amides is 1. The van der Waals surface area contributed by atoms with Crippen molar-refractivity contribution >= 4 is 38.7 Å². The van der Waals surface area contributed by atoms with E-state index in [9.17, 15) is 4.79 Å². The third kappa shape index (κ3) is 5.38. The molecule has 7 heteroatoms.